The largest absolute Gasteiger partial charge is 0.497 e. The summed E-state index contributed by atoms with van der Waals surface area (Å²) in [5.41, 5.74) is 4.79. The number of rotatable bonds is 2. The fourth-order valence-electron chi connectivity index (χ4n) is 2.34. The maximum atomic E-state index is 5.17. The maximum absolute atomic E-state index is 5.17. The number of hydrogen-bond donors (Lipinski definition) is 0. The zero-order valence-corrected chi connectivity index (χ0v) is 13.2. The first-order valence-electron chi connectivity index (χ1n) is 7.10. The summed E-state index contributed by atoms with van der Waals surface area (Å²) < 4.78 is 6.94. The number of allylic oxidation sites excluding steroid dienone is 1. The van der Waals surface area contributed by atoms with Crippen molar-refractivity contribution in [3.05, 3.63) is 53.0 Å². The van der Waals surface area contributed by atoms with Gasteiger partial charge in [-0.3, -0.25) is 0 Å². The molecule has 5 nitrogen and oxygen atoms in total. The SMILES string of the molecule is COc1ccc(C=C2N=C(n3nc(C)cc3C)N=C2C)cc1. The van der Waals surface area contributed by atoms with Crippen molar-refractivity contribution in [1.29, 1.82) is 0 Å². The first-order valence-corrected chi connectivity index (χ1v) is 7.10. The van der Waals surface area contributed by atoms with E-state index < -0.39 is 0 Å². The summed E-state index contributed by atoms with van der Waals surface area (Å²) in [6.45, 7) is 5.92. The van der Waals surface area contributed by atoms with E-state index in [4.69, 9.17) is 4.74 Å². The van der Waals surface area contributed by atoms with E-state index >= 15 is 0 Å². The molecular formula is C17H18N4O. The predicted molar refractivity (Wildman–Crippen MR) is 88.6 cm³/mol. The number of aliphatic imine (C=N–C) groups is 2. The molecule has 0 saturated carbocycles. The summed E-state index contributed by atoms with van der Waals surface area (Å²) in [4.78, 5) is 9.11. The smallest absolute Gasteiger partial charge is 0.251 e. The maximum Gasteiger partial charge on any atom is 0.251 e. The molecule has 1 aromatic carbocycles. The lowest BCUT2D eigenvalue weighted by Crippen LogP contribution is -2.11. The van der Waals surface area contributed by atoms with Gasteiger partial charge in [-0.05, 0) is 50.6 Å². The van der Waals surface area contributed by atoms with E-state index in [0.29, 0.717) is 5.96 Å². The lowest BCUT2D eigenvalue weighted by atomic mass is 10.1. The monoisotopic (exact) mass is 294 g/mol. The van der Waals surface area contributed by atoms with Gasteiger partial charge in [-0.25, -0.2) is 14.7 Å². The molecule has 112 valence electrons. The minimum absolute atomic E-state index is 0.614. The van der Waals surface area contributed by atoms with Crippen molar-refractivity contribution < 1.29 is 4.74 Å². The van der Waals surface area contributed by atoms with Crippen LogP contribution >= 0.6 is 0 Å². The Morgan fingerprint density at radius 3 is 2.36 bits per heavy atom. The van der Waals surface area contributed by atoms with Crippen molar-refractivity contribution in [3.8, 4) is 5.75 Å². The van der Waals surface area contributed by atoms with Crippen molar-refractivity contribution in [2.75, 3.05) is 7.11 Å². The predicted octanol–water partition coefficient (Wildman–Crippen LogP) is 3.23. The van der Waals surface area contributed by atoms with Gasteiger partial charge in [0.1, 0.15) is 5.75 Å². The van der Waals surface area contributed by atoms with Crippen molar-refractivity contribution in [2.45, 2.75) is 20.8 Å². The van der Waals surface area contributed by atoms with Crippen molar-refractivity contribution in [1.82, 2.24) is 9.78 Å². The highest BCUT2D eigenvalue weighted by Crippen LogP contribution is 2.19. The molecule has 0 radical (unpaired) electrons. The highest BCUT2D eigenvalue weighted by atomic mass is 16.5. The Hall–Kier alpha value is -2.69. The lowest BCUT2D eigenvalue weighted by molar-refractivity contribution is 0.415. The van der Waals surface area contributed by atoms with Crippen LogP contribution in [-0.2, 0) is 0 Å². The Kier molecular flexibility index (Phi) is 3.63. The first kappa shape index (κ1) is 14.3. The molecule has 0 bridgehead atoms. The summed E-state index contributed by atoms with van der Waals surface area (Å²) in [7, 11) is 1.66. The standard InChI is InChI=1S/C17H18N4O/c1-11-9-12(2)21(20-11)17-18-13(3)16(19-17)10-14-5-7-15(22-4)8-6-14/h5-10H,1-4H3. The summed E-state index contributed by atoms with van der Waals surface area (Å²) in [5, 5.41) is 4.43. The molecule has 1 aliphatic rings. The van der Waals surface area contributed by atoms with Crippen molar-refractivity contribution in [2.24, 2.45) is 9.98 Å². The van der Waals surface area contributed by atoms with E-state index in [9.17, 15) is 0 Å². The van der Waals surface area contributed by atoms with Gasteiger partial charge < -0.3 is 4.74 Å². The Labute approximate surface area is 129 Å². The molecule has 2 heterocycles. The van der Waals surface area contributed by atoms with E-state index in [1.807, 2.05) is 57.2 Å². The van der Waals surface area contributed by atoms with Gasteiger partial charge >= 0.3 is 0 Å². The number of methoxy groups -OCH3 is 1. The number of aromatic nitrogens is 2. The highest BCUT2D eigenvalue weighted by Gasteiger charge is 2.16. The van der Waals surface area contributed by atoms with E-state index in [1.165, 1.54) is 0 Å². The fraction of sp³-hybridized carbons (Fsp3) is 0.235. The van der Waals surface area contributed by atoms with Crippen molar-refractivity contribution in [3.63, 3.8) is 0 Å². The van der Waals surface area contributed by atoms with Gasteiger partial charge in [0.15, 0.2) is 0 Å². The third kappa shape index (κ3) is 2.70. The molecule has 0 amide bonds. The van der Waals surface area contributed by atoms with E-state index in [2.05, 4.69) is 15.1 Å². The van der Waals surface area contributed by atoms with Gasteiger partial charge in [-0.15, -0.1) is 0 Å². The molecule has 0 saturated heterocycles. The first-order chi connectivity index (χ1) is 10.6. The topological polar surface area (TPSA) is 51.8 Å². The molecule has 0 N–H and O–H groups in total. The normalized spacial score (nSPS) is 15.9. The summed E-state index contributed by atoms with van der Waals surface area (Å²) in [6, 6.07) is 9.86. The van der Waals surface area contributed by atoms with Gasteiger partial charge in [0.25, 0.3) is 5.96 Å². The number of benzene rings is 1. The Morgan fingerprint density at radius 2 is 1.77 bits per heavy atom. The zero-order chi connectivity index (χ0) is 15.7. The van der Waals surface area contributed by atoms with Crippen LogP contribution in [-0.4, -0.2) is 28.6 Å². The highest BCUT2D eigenvalue weighted by molar-refractivity contribution is 6.13. The second kappa shape index (κ2) is 5.60. The summed E-state index contributed by atoms with van der Waals surface area (Å²) in [6.07, 6.45) is 2.01. The Morgan fingerprint density at radius 1 is 1.05 bits per heavy atom. The molecular weight excluding hydrogens is 276 g/mol. The molecule has 22 heavy (non-hydrogen) atoms. The van der Waals surface area contributed by atoms with Gasteiger partial charge in [-0.1, -0.05) is 12.1 Å². The van der Waals surface area contributed by atoms with Gasteiger partial charge in [0.05, 0.1) is 24.2 Å². The minimum atomic E-state index is 0.614. The molecule has 1 aliphatic heterocycles. The zero-order valence-electron chi connectivity index (χ0n) is 13.2. The molecule has 0 spiro atoms. The number of ether oxygens (including phenoxy) is 1. The van der Waals surface area contributed by atoms with Crippen LogP contribution < -0.4 is 4.74 Å². The second-order valence-corrected chi connectivity index (χ2v) is 5.25. The van der Waals surface area contributed by atoms with E-state index in [1.54, 1.807) is 11.8 Å². The summed E-state index contributed by atoms with van der Waals surface area (Å²) in [5.74, 6) is 1.45. The van der Waals surface area contributed by atoms with E-state index in [-0.39, 0.29) is 0 Å². The molecule has 0 aliphatic carbocycles. The third-order valence-electron chi connectivity index (χ3n) is 3.48. The second-order valence-electron chi connectivity index (χ2n) is 5.25. The molecule has 5 heteroatoms. The lowest BCUT2D eigenvalue weighted by Gasteiger charge is -2.00. The molecule has 2 aromatic rings. The third-order valence-corrected chi connectivity index (χ3v) is 3.48. The number of nitrogens with zero attached hydrogens (tertiary/aromatic N) is 4. The number of hydrogen-bond acceptors (Lipinski definition) is 4. The van der Waals surface area contributed by atoms with Crippen LogP contribution in [0.5, 0.6) is 5.75 Å². The molecule has 1 aromatic heterocycles. The van der Waals surface area contributed by atoms with Crippen LogP contribution in [0.1, 0.15) is 23.9 Å². The van der Waals surface area contributed by atoms with Crippen LogP contribution in [0, 0.1) is 13.8 Å². The molecule has 0 unspecified atom stereocenters. The number of aryl methyl sites for hydroxylation is 2. The molecule has 0 atom stereocenters. The molecule has 3 rings (SSSR count). The van der Waals surface area contributed by atoms with Crippen LogP contribution in [0.15, 0.2) is 46.0 Å². The van der Waals surface area contributed by atoms with Gasteiger partial charge in [-0.2, -0.15) is 5.10 Å². The van der Waals surface area contributed by atoms with Crippen LogP contribution in [0.4, 0.5) is 0 Å². The van der Waals surface area contributed by atoms with E-state index in [0.717, 1.165) is 34.1 Å². The fourth-order valence-corrected chi connectivity index (χ4v) is 2.34. The average molecular weight is 294 g/mol. The van der Waals surface area contributed by atoms with Gasteiger partial charge in [0, 0.05) is 5.69 Å². The van der Waals surface area contributed by atoms with Gasteiger partial charge in [0.2, 0.25) is 0 Å². The summed E-state index contributed by atoms with van der Waals surface area (Å²) >= 11 is 0. The van der Waals surface area contributed by atoms with Crippen LogP contribution in [0.2, 0.25) is 0 Å². The van der Waals surface area contributed by atoms with Crippen molar-refractivity contribution >= 4 is 17.7 Å². The molecule has 0 fully saturated rings. The Balaban J connectivity index is 1.93. The minimum Gasteiger partial charge on any atom is -0.497 e. The quantitative estimate of drug-likeness (QED) is 0.854. The van der Waals surface area contributed by atoms with Crippen LogP contribution in [0.3, 0.4) is 0 Å². The Bertz CT molecular complexity index is 795. The van der Waals surface area contributed by atoms with Crippen LogP contribution in [0.25, 0.3) is 6.08 Å². The average Bonchev–Trinajstić information content (AvgIpc) is 3.02.